The normalized spacial score (nSPS) is 19.0. The molecule has 0 bridgehead atoms. The Hall–Kier alpha value is -3.08. The number of rotatable bonds is 8. The molecular weight excluding hydrogens is 415 g/mol. The Balaban J connectivity index is 1.68. The first-order chi connectivity index (χ1) is 14.7. The fraction of sp³-hybridized carbons (Fsp3) is 0.450. The standard InChI is InChI=1S/C20H24F3N5O3/c21-20(22,23)31-17-4-2-1-3-14(17)12-25-18-10-9-16(28(29)30)19(27-18)26-11-13-5-7-15(24)8-6-13/h1-4,9-10,13,15H,5-8,11-12,24H2,(H2,25,26,27)/t13-,15-. The van der Waals surface area contributed by atoms with Gasteiger partial charge in [0.05, 0.1) is 4.92 Å². The zero-order valence-corrected chi connectivity index (χ0v) is 16.7. The van der Waals surface area contributed by atoms with Crippen LogP contribution in [0, 0.1) is 16.0 Å². The van der Waals surface area contributed by atoms with E-state index in [9.17, 15) is 23.3 Å². The van der Waals surface area contributed by atoms with Gasteiger partial charge in [0.15, 0.2) is 0 Å². The second kappa shape index (κ2) is 9.82. The molecule has 0 spiro atoms. The maximum atomic E-state index is 12.6. The molecule has 0 unspecified atom stereocenters. The molecule has 0 amide bonds. The van der Waals surface area contributed by atoms with Crippen LogP contribution in [0.5, 0.6) is 5.75 Å². The van der Waals surface area contributed by atoms with Crippen LogP contribution in [0.3, 0.4) is 0 Å². The van der Waals surface area contributed by atoms with E-state index in [4.69, 9.17) is 5.73 Å². The molecule has 31 heavy (non-hydrogen) atoms. The number of nitrogens with zero attached hydrogens (tertiary/aromatic N) is 2. The zero-order valence-electron chi connectivity index (χ0n) is 16.7. The molecule has 0 atom stereocenters. The van der Waals surface area contributed by atoms with E-state index in [0.29, 0.717) is 18.3 Å². The maximum Gasteiger partial charge on any atom is 0.573 e. The third kappa shape index (κ3) is 6.71. The summed E-state index contributed by atoms with van der Waals surface area (Å²) in [4.78, 5) is 15.1. The van der Waals surface area contributed by atoms with E-state index in [1.807, 2.05) is 0 Å². The van der Waals surface area contributed by atoms with E-state index in [0.717, 1.165) is 25.7 Å². The summed E-state index contributed by atoms with van der Waals surface area (Å²) in [5.74, 6) is 0.438. The summed E-state index contributed by atoms with van der Waals surface area (Å²) in [7, 11) is 0. The third-order valence-electron chi connectivity index (χ3n) is 5.18. The quantitative estimate of drug-likeness (QED) is 0.412. The van der Waals surface area contributed by atoms with Crippen LogP contribution < -0.4 is 21.1 Å². The predicted octanol–water partition coefficient (Wildman–Crippen LogP) is 4.43. The van der Waals surface area contributed by atoms with Crippen molar-refractivity contribution < 1.29 is 22.8 Å². The highest BCUT2D eigenvalue weighted by atomic mass is 19.4. The number of benzene rings is 1. The molecule has 1 aromatic carbocycles. The Labute approximate surface area is 177 Å². The van der Waals surface area contributed by atoms with Gasteiger partial charge in [0.2, 0.25) is 5.82 Å². The number of halogens is 3. The van der Waals surface area contributed by atoms with Crippen molar-refractivity contribution in [2.75, 3.05) is 17.2 Å². The fourth-order valence-electron chi connectivity index (χ4n) is 3.52. The topological polar surface area (TPSA) is 115 Å². The summed E-state index contributed by atoms with van der Waals surface area (Å²) >= 11 is 0. The third-order valence-corrected chi connectivity index (χ3v) is 5.18. The van der Waals surface area contributed by atoms with E-state index >= 15 is 0 Å². The predicted molar refractivity (Wildman–Crippen MR) is 110 cm³/mol. The van der Waals surface area contributed by atoms with E-state index in [-0.39, 0.29) is 35.4 Å². The first kappa shape index (κ1) is 22.6. The van der Waals surface area contributed by atoms with Crippen molar-refractivity contribution in [2.24, 2.45) is 11.7 Å². The number of para-hydroxylation sites is 1. The molecule has 0 aliphatic heterocycles. The lowest BCUT2D eigenvalue weighted by Gasteiger charge is -2.26. The van der Waals surface area contributed by atoms with Gasteiger partial charge in [-0.3, -0.25) is 10.1 Å². The van der Waals surface area contributed by atoms with Crippen molar-refractivity contribution in [1.82, 2.24) is 4.98 Å². The van der Waals surface area contributed by atoms with E-state index in [1.54, 1.807) is 6.07 Å². The highest BCUT2D eigenvalue weighted by Crippen LogP contribution is 2.29. The number of nitrogens with one attached hydrogen (secondary N) is 2. The fourth-order valence-corrected chi connectivity index (χ4v) is 3.52. The van der Waals surface area contributed by atoms with E-state index < -0.39 is 11.3 Å². The number of alkyl halides is 3. The molecule has 1 saturated carbocycles. The zero-order chi connectivity index (χ0) is 22.4. The maximum absolute atomic E-state index is 12.6. The van der Waals surface area contributed by atoms with Gasteiger partial charge in [0, 0.05) is 30.8 Å². The number of hydrogen-bond acceptors (Lipinski definition) is 7. The minimum absolute atomic E-state index is 0.00296. The van der Waals surface area contributed by atoms with Crippen LogP contribution in [0.4, 0.5) is 30.5 Å². The Morgan fingerprint density at radius 1 is 1.13 bits per heavy atom. The Morgan fingerprint density at radius 2 is 1.84 bits per heavy atom. The molecule has 1 fully saturated rings. The average Bonchev–Trinajstić information content (AvgIpc) is 2.71. The summed E-state index contributed by atoms with van der Waals surface area (Å²) in [6.45, 7) is 0.531. The first-order valence-electron chi connectivity index (χ1n) is 9.93. The van der Waals surface area contributed by atoms with Gasteiger partial charge in [-0.25, -0.2) is 4.98 Å². The molecule has 4 N–H and O–H groups in total. The van der Waals surface area contributed by atoms with Crippen LogP contribution in [0.25, 0.3) is 0 Å². The van der Waals surface area contributed by atoms with Gasteiger partial charge in [0.25, 0.3) is 0 Å². The largest absolute Gasteiger partial charge is 0.573 e. The number of anilines is 2. The van der Waals surface area contributed by atoms with Crippen LogP contribution in [-0.4, -0.2) is 28.9 Å². The van der Waals surface area contributed by atoms with Gasteiger partial charge in [-0.2, -0.15) is 0 Å². The summed E-state index contributed by atoms with van der Waals surface area (Å²) in [6, 6.07) is 8.67. The lowest BCUT2D eigenvalue weighted by molar-refractivity contribution is -0.384. The molecule has 1 aromatic heterocycles. The van der Waals surface area contributed by atoms with Gasteiger partial charge < -0.3 is 21.1 Å². The lowest BCUT2D eigenvalue weighted by atomic mass is 9.86. The second-order valence-corrected chi connectivity index (χ2v) is 7.49. The molecule has 0 saturated heterocycles. The Kier molecular flexibility index (Phi) is 7.16. The lowest BCUT2D eigenvalue weighted by Crippen LogP contribution is -2.29. The molecule has 1 heterocycles. The molecule has 1 aliphatic rings. The minimum atomic E-state index is -4.80. The molecule has 11 heteroatoms. The van der Waals surface area contributed by atoms with Crippen molar-refractivity contribution in [1.29, 1.82) is 0 Å². The van der Waals surface area contributed by atoms with Gasteiger partial charge >= 0.3 is 12.0 Å². The van der Waals surface area contributed by atoms with Crippen LogP contribution in [0.15, 0.2) is 36.4 Å². The summed E-state index contributed by atoms with van der Waals surface area (Å²) < 4.78 is 41.8. The number of hydrogen-bond donors (Lipinski definition) is 3. The van der Waals surface area contributed by atoms with Gasteiger partial charge in [0.1, 0.15) is 11.6 Å². The van der Waals surface area contributed by atoms with Crippen LogP contribution in [0.1, 0.15) is 31.2 Å². The summed E-state index contributed by atoms with van der Waals surface area (Å²) in [5.41, 5.74) is 6.02. The van der Waals surface area contributed by atoms with Crippen molar-refractivity contribution in [3.8, 4) is 5.75 Å². The highest BCUT2D eigenvalue weighted by Gasteiger charge is 2.32. The molecule has 1 aliphatic carbocycles. The number of pyridine rings is 1. The minimum Gasteiger partial charge on any atom is -0.405 e. The molecule has 168 valence electrons. The summed E-state index contributed by atoms with van der Waals surface area (Å²) in [5, 5.41) is 17.3. The molecule has 2 aromatic rings. The van der Waals surface area contributed by atoms with Crippen LogP contribution in [-0.2, 0) is 6.54 Å². The van der Waals surface area contributed by atoms with Gasteiger partial charge in [-0.15, -0.1) is 13.2 Å². The van der Waals surface area contributed by atoms with Gasteiger partial charge in [-0.1, -0.05) is 18.2 Å². The van der Waals surface area contributed by atoms with Crippen molar-refractivity contribution in [2.45, 2.75) is 44.6 Å². The molecule has 8 nitrogen and oxygen atoms in total. The molecule has 3 rings (SSSR count). The van der Waals surface area contributed by atoms with Crippen molar-refractivity contribution in [3.05, 3.63) is 52.1 Å². The Morgan fingerprint density at radius 3 is 2.52 bits per heavy atom. The molecule has 0 radical (unpaired) electrons. The number of ether oxygens (including phenoxy) is 1. The average molecular weight is 439 g/mol. The first-order valence-corrected chi connectivity index (χ1v) is 9.93. The number of nitrogens with two attached hydrogens (primary N) is 1. The SMILES string of the molecule is N[C@H]1CC[C@H](CNc2nc(NCc3ccccc3OC(F)(F)F)ccc2[N+](=O)[O-])CC1. The number of aromatic nitrogens is 1. The van der Waals surface area contributed by atoms with Crippen LogP contribution in [0.2, 0.25) is 0 Å². The monoisotopic (exact) mass is 439 g/mol. The second-order valence-electron chi connectivity index (χ2n) is 7.49. The summed E-state index contributed by atoms with van der Waals surface area (Å²) in [6.07, 6.45) is -1.08. The van der Waals surface area contributed by atoms with Gasteiger partial charge in [-0.05, 0) is 43.7 Å². The Bertz CT molecular complexity index is 902. The van der Waals surface area contributed by atoms with E-state index in [1.165, 1.54) is 30.3 Å². The smallest absolute Gasteiger partial charge is 0.405 e. The molecular formula is C20H24F3N5O3. The van der Waals surface area contributed by atoms with Crippen molar-refractivity contribution >= 4 is 17.3 Å². The van der Waals surface area contributed by atoms with E-state index in [2.05, 4.69) is 20.4 Å². The van der Waals surface area contributed by atoms with Crippen LogP contribution >= 0.6 is 0 Å². The van der Waals surface area contributed by atoms with Crippen molar-refractivity contribution in [3.63, 3.8) is 0 Å². The number of nitro groups is 1. The highest BCUT2D eigenvalue weighted by molar-refractivity contribution is 5.60.